The highest BCUT2D eigenvalue weighted by Gasteiger charge is 2.10. The van der Waals surface area contributed by atoms with Crippen LogP contribution in [0.3, 0.4) is 0 Å². The van der Waals surface area contributed by atoms with Gasteiger partial charge in [-0.05, 0) is 24.1 Å². The molecule has 0 N–H and O–H groups in total. The van der Waals surface area contributed by atoms with Gasteiger partial charge in [-0.15, -0.1) is 0 Å². The highest BCUT2D eigenvalue weighted by molar-refractivity contribution is 5.69. The number of aryl methyl sites for hydroxylation is 1. The number of esters is 1. The minimum Gasteiger partial charge on any atom is -0.459 e. The molecule has 0 saturated heterocycles. The molecule has 4 aromatic rings. The molecule has 28 heavy (non-hydrogen) atoms. The zero-order valence-electron chi connectivity index (χ0n) is 15.2. The quantitative estimate of drug-likeness (QED) is 0.454. The molecule has 0 aliphatic carbocycles. The maximum atomic E-state index is 12.0. The second-order valence-electron chi connectivity index (χ2n) is 6.34. The maximum absolute atomic E-state index is 12.0. The number of para-hydroxylation sites is 1. The predicted octanol–water partition coefficient (Wildman–Crippen LogP) is 4.20. The zero-order chi connectivity index (χ0) is 19.2. The molecule has 0 aliphatic rings. The van der Waals surface area contributed by atoms with Gasteiger partial charge in [0.15, 0.2) is 5.76 Å². The van der Waals surface area contributed by atoms with E-state index < -0.39 is 0 Å². The molecule has 0 aliphatic heterocycles. The van der Waals surface area contributed by atoms with E-state index in [2.05, 4.69) is 10.3 Å². The highest BCUT2D eigenvalue weighted by Crippen LogP contribution is 2.20. The van der Waals surface area contributed by atoms with E-state index in [0.29, 0.717) is 17.9 Å². The van der Waals surface area contributed by atoms with Crippen LogP contribution in [-0.2, 0) is 22.6 Å². The standard InChI is InChI=1S/C22H19N3O3/c26-22(12-11-17-14-23-25(15-17)20-9-5-2-6-10-20)27-16-19-13-21(28-24-19)18-7-3-1-4-8-18/h1-10,13-15H,11-12,16H2. The predicted molar refractivity (Wildman–Crippen MR) is 104 cm³/mol. The SMILES string of the molecule is O=C(CCc1cnn(-c2ccccc2)c1)OCc1cc(-c2ccccc2)on1. The Balaban J connectivity index is 1.26. The van der Waals surface area contributed by atoms with E-state index in [4.69, 9.17) is 9.26 Å². The van der Waals surface area contributed by atoms with Crippen LogP contribution in [0, 0.1) is 0 Å². The first-order valence-electron chi connectivity index (χ1n) is 9.03. The van der Waals surface area contributed by atoms with Crippen LogP contribution < -0.4 is 0 Å². The lowest BCUT2D eigenvalue weighted by molar-refractivity contribution is -0.145. The van der Waals surface area contributed by atoms with Crippen molar-refractivity contribution < 1.29 is 14.1 Å². The Morgan fingerprint density at radius 2 is 1.79 bits per heavy atom. The number of aromatic nitrogens is 3. The topological polar surface area (TPSA) is 70.2 Å². The second-order valence-corrected chi connectivity index (χ2v) is 6.34. The summed E-state index contributed by atoms with van der Waals surface area (Å²) < 4.78 is 12.4. The number of carbonyl (C=O) groups excluding carboxylic acids is 1. The van der Waals surface area contributed by atoms with Crippen molar-refractivity contribution in [2.75, 3.05) is 0 Å². The van der Waals surface area contributed by atoms with Crippen molar-refractivity contribution >= 4 is 5.97 Å². The van der Waals surface area contributed by atoms with Gasteiger partial charge in [0.05, 0.1) is 11.9 Å². The molecule has 6 heteroatoms. The number of carbonyl (C=O) groups is 1. The smallest absolute Gasteiger partial charge is 0.306 e. The molecule has 0 unspecified atom stereocenters. The molecular weight excluding hydrogens is 354 g/mol. The average molecular weight is 373 g/mol. The van der Waals surface area contributed by atoms with Gasteiger partial charge in [-0.2, -0.15) is 5.10 Å². The molecule has 0 amide bonds. The number of hydrogen-bond acceptors (Lipinski definition) is 5. The Morgan fingerprint density at radius 3 is 2.57 bits per heavy atom. The Hall–Kier alpha value is -3.67. The normalized spacial score (nSPS) is 10.7. The van der Waals surface area contributed by atoms with Crippen molar-refractivity contribution in [2.45, 2.75) is 19.4 Å². The third-order valence-corrected chi connectivity index (χ3v) is 4.27. The summed E-state index contributed by atoms with van der Waals surface area (Å²) in [6.45, 7) is 0.0957. The average Bonchev–Trinajstić information content (AvgIpc) is 3.42. The van der Waals surface area contributed by atoms with Gasteiger partial charge >= 0.3 is 5.97 Å². The van der Waals surface area contributed by atoms with E-state index in [1.54, 1.807) is 16.9 Å². The fourth-order valence-electron chi connectivity index (χ4n) is 2.80. The Morgan fingerprint density at radius 1 is 1.04 bits per heavy atom. The molecular formula is C22H19N3O3. The number of rotatable bonds is 7. The third kappa shape index (κ3) is 4.35. The molecule has 6 nitrogen and oxygen atoms in total. The van der Waals surface area contributed by atoms with Crippen molar-refractivity contribution in [1.29, 1.82) is 0 Å². The number of benzene rings is 2. The number of nitrogens with zero attached hydrogens (tertiary/aromatic N) is 3. The van der Waals surface area contributed by atoms with Crippen LogP contribution in [0.25, 0.3) is 17.0 Å². The third-order valence-electron chi connectivity index (χ3n) is 4.27. The molecule has 140 valence electrons. The molecule has 2 aromatic heterocycles. The van der Waals surface area contributed by atoms with Gasteiger partial charge in [0, 0.05) is 24.2 Å². The minimum atomic E-state index is -0.281. The summed E-state index contributed by atoms with van der Waals surface area (Å²) in [5.74, 6) is 0.372. The molecule has 0 atom stereocenters. The second kappa shape index (κ2) is 8.35. The fraction of sp³-hybridized carbons (Fsp3) is 0.136. The highest BCUT2D eigenvalue weighted by atomic mass is 16.5. The molecule has 0 fully saturated rings. The van der Waals surface area contributed by atoms with Crippen LogP contribution in [0.2, 0.25) is 0 Å². The first-order chi connectivity index (χ1) is 13.8. The lowest BCUT2D eigenvalue weighted by Gasteiger charge is -2.01. The summed E-state index contributed by atoms with van der Waals surface area (Å²) in [5.41, 5.74) is 3.48. The molecule has 0 saturated carbocycles. The molecule has 0 spiro atoms. The van der Waals surface area contributed by atoms with Crippen molar-refractivity contribution in [3.05, 3.63) is 90.4 Å². The molecule has 0 bridgehead atoms. The lowest BCUT2D eigenvalue weighted by Crippen LogP contribution is -2.05. The van der Waals surface area contributed by atoms with Crippen molar-refractivity contribution in [3.63, 3.8) is 0 Å². The van der Waals surface area contributed by atoms with Gasteiger partial charge < -0.3 is 9.26 Å². The van der Waals surface area contributed by atoms with Crippen LogP contribution in [0.1, 0.15) is 17.7 Å². The number of ether oxygens (including phenoxy) is 1. The van der Waals surface area contributed by atoms with Crippen LogP contribution in [-0.4, -0.2) is 20.9 Å². The lowest BCUT2D eigenvalue weighted by atomic mass is 10.2. The summed E-state index contributed by atoms with van der Waals surface area (Å²) in [5, 5.41) is 8.29. The van der Waals surface area contributed by atoms with Gasteiger partial charge in [0.1, 0.15) is 12.3 Å². The first-order valence-corrected chi connectivity index (χ1v) is 9.03. The monoisotopic (exact) mass is 373 g/mol. The van der Waals surface area contributed by atoms with Gasteiger partial charge in [-0.3, -0.25) is 4.79 Å². The summed E-state index contributed by atoms with van der Waals surface area (Å²) in [7, 11) is 0. The largest absolute Gasteiger partial charge is 0.459 e. The van der Waals surface area contributed by atoms with Gasteiger partial charge in [0.25, 0.3) is 0 Å². The van der Waals surface area contributed by atoms with Crippen molar-refractivity contribution in [3.8, 4) is 17.0 Å². The van der Waals surface area contributed by atoms with Crippen LogP contribution in [0.4, 0.5) is 0 Å². The summed E-state index contributed by atoms with van der Waals surface area (Å²) in [6.07, 6.45) is 4.54. The zero-order valence-corrected chi connectivity index (χ0v) is 15.2. The van der Waals surface area contributed by atoms with E-state index in [-0.39, 0.29) is 19.0 Å². The molecule has 0 radical (unpaired) electrons. The fourth-order valence-corrected chi connectivity index (χ4v) is 2.80. The van der Waals surface area contributed by atoms with E-state index in [9.17, 15) is 4.79 Å². The molecule has 4 rings (SSSR count). The summed E-state index contributed by atoms with van der Waals surface area (Å²) in [6, 6.07) is 21.3. The van der Waals surface area contributed by atoms with E-state index >= 15 is 0 Å². The molecule has 2 aromatic carbocycles. The van der Waals surface area contributed by atoms with Crippen LogP contribution in [0.5, 0.6) is 0 Å². The minimum absolute atomic E-state index is 0.0957. The van der Waals surface area contributed by atoms with E-state index in [0.717, 1.165) is 16.8 Å². The Kier molecular flexibility index (Phi) is 5.29. The van der Waals surface area contributed by atoms with Gasteiger partial charge in [-0.25, -0.2) is 4.68 Å². The van der Waals surface area contributed by atoms with Crippen molar-refractivity contribution in [2.24, 2.45) is 0 Å². The van der Waals surface area contributed by atoms with E-state index in [1.807, 2.05) is 66.9 Å². The van der Waals surface area contributed by atoms with Crippen LogP contribution in [0.15, 0.2) is 83.6 Å². The van der Waals surface area contributed by atoms with Gasteiger partial charge in [0.2, 0.25) is 0 Å². The van der Waals surface area contributed by atoms with E-state index in [1.165, 1.54) is 0 Å². The Labute approximate surface area is 162 Å². The number of hydrogen-bond donors (Lipinski definition) is 0. The first kappa shape index (κ1) is 17.7. The summed E-state index contributed by atoms with van der Waals surface area (Å²) >= 11 is 0. The maximum Gasteiger partial charge on any atom is 0.306 e. The van der Waals surface area contributed by atoms with Crippen molar-refractivity contribution in [1.82, 2.24) is 14.9 Å². The Bertz CT molecular complexity index is 955. The van der Waals surface area contributed by atoms with Crippen LogP contribution >= 0.6 is 0 Å². The summed E-state index contributed by atoms with van der Waals surface area (Å²) in [4.78, 5) is 12.0. The van der Waals surface area contributed by atoms with Gasteiger partial charge in [-0.1, -0.05) is 53.7 Å². The molecule has 2 heterocycles.